The summed E-state index contributed by atoms with van der Waals surface area (Å²) >= 11 is 6.77. The molecule has 6 heteroatoms. The summed E-state index contributed by atoms with van der Waals surface area (Å²) < 4.78 is 1.32. The van der Waals surface area contributed by atoms with Crippen molar-refractivity contribution >= 4 is 44.2 Å². The zero-order chi connectivity index (χ0) is 9.31. The maximum Gasteiger partial charge on any atom is 0.206 e. The molecule has 0 saturated heterocycles. The largest absolute Gasteiger partial charge is 0.359 e. The molecule has 1 fully saturated rings. The standard InChI is InChI=1S/C7H10BrN3S2/c1-12-7(2-3-7)4-9-6-11-10-5(8)13-6/h2-4H2,1H3,(H,9,11). The van der Waals surface area contributed by atoms with Crippen LogP contribution in [0.15, 0.2) is 3.92 Å². The van der Waals surface area contributed by atoms with Gasteiger partial charge in [-0.2, -0.15) is 11.8 Å². The van der Waals surface area contributed by atoms with Gasteiger partial charge >= 0.3 is 0 Å². The highest BCUT2D eigenvalue weighted by Gasteiger charge is 2.41. The van der Waals surface area contributed by atoms with E-state index in [1.807, 2.05) is 11.8 Å². The summed E-state index contributed by atoms with van der Waals surface area (Å²) in [7, 11) is 0. The minimum atomic E-state index is 0.484. The predicted octanol–water partition coefficient (Wildman–Crippen LogP) is 2.61. The van der Waals surface area contributed by atoms with Crippen molar-refractivity contribution in [2.75, 3.05) is 18.1 Å². The van der Waals surface area contributed by atoms with Crippen LogP contribution in [-0.4, -0.2) is 27.7 Å². The quantitative estimate of drug-likeness (QED) is 0.920. The van der Waals surface area contributed by atoms with Crippen molar-refractivity contribution in [1.82, 2.24) is 10.2 Å². The number of nitrogens with zero attached hydrogens (tertiary/aromatic N) is 2. The van der Waals surface area contributed by atoms with Crippen molar-refractivity contribution in [2.45, 2.75) is 17.6 Å². The Morgan fingerprint density at radius 3 is 2.85 bits per heavy atom. The second-order valence-corrected chi connectivity index (χ2v) is 6.63. The molecule has 1 aromatic heterocycles. The van der Waals surface area contributed by atoms with Crippen LogP contribution in [0.5, 0.6) is 0 Å². The predicted molar refractivity (Wildman–Crippen MR) is 61.6 cm³/mol. The summed E-state index contributed by atoms with van der Waals surface area (Å²) in [5.41, 5.74) is 0. The Hall–Kier alpha value is 0.190. The fourth-order valence-corrected chi connectivity index (χ4v) is 2.84. The van der Waals surface area contributed by atoms with Crippen LogP contribution in [0.4, 0.5) is 5.13 Å². The molecule has 1 saturated carbocycles. The second kappa shape index (κ2) is 3.74. The Morgan fingerprint density at radius 2 is 2.38 bits per heavy atom. The molecule has 3 nitrogen and oxygen atoms in total. The first-order valence-electron chi connectivity index (χ1n) is 4.02. The molecule has 0 amide bonds. The van der Waals surface area contributed by atoms with Gasteiger partial charge in [-0.1, -0.05) is 11.3 Å². The number of nitrogens with one attached hydrogen (secondary N) is 1. The summed E-state index contributed by atoms with van der Waals surface area (Å²) in [5.74, 6) is 0. The molecule has 1 aliphatic rings. The van der Waals surface area contributed by atoms with Crippen molar-refractivity contribution in [2.24, 2.45) is 0 Å². The van der Waals surface area contributed by atoms with E-state index in [1.54, 1.807) is 11.3 Å². The highest BCUT2D eigenvalue weighted by molar-refractivity contribution is 9.11. The zero-order valence-electron chi connectivity index (χ0n) is 7.21. The zero-order valence-corrected chi connectivity index (χ0v) is 10.4. The van der Waals surface area contributed by atoms with Crippen LogP contribution in [0.3, 0.4) is 0 Å². The number of hydrogen-bond donors (Lipinski definition) is 1. The Kier molecular flexibility index (Phi) is 2.80. The van der Waals surface area contributed by atoms with E-state index in [0.717, 1.165) is 15.6 Å². The van der Waals surface area contributed by atoms with Crippen molar-refractivity contribution in [3.8, 4) is 0 Å². The van der Waals surface area contributed by atoms with Crippen LogP contribution in [0.25, 0.3) is 0 Å². The highest BCUT2D eigenvalue weighted by atomic mass is 79.9. The third kappa shape index (κ3) is 2.35. The Labute approximate surface area is 93.8 Å². The molecule has 0 aromatic carbocycles. The van der Waals surface area contributed by atoms with Gasteiger partial charge in [0.1, 0.15) is 0 Å². The second-order valence-electron chi connectivity index (χ2n) is 3.10. The summed E-state index contributed by atoms with van der Waals surface area (Å²) in [6, 6.07) is 0. The van der Waals surface area contributed by atoms with E-state index in [2.05, 4.69) is 37.7 Å². The highest BCUT2D eigenvalue weighted by Crippen LogP contribution is 2.47. The Bertz CT molecular complexity index is 298. The lowest BCUT2D eigenvalue weighted by Crippen LogP contribution is -2.17. The topological polar surface area (TPSA) is 37.8 Å². The lowest BCUT2D eigenvalue weighted by atomic mass is 10.4. The summed E-state index contributed by atoms with van der Waals surface area (Å²) in [6.45, 7) is 1.01. The molecule has 13 heavy (non-hydrogen) atoms. The smallest absolute Gasteiger partial charge is 0.206 e. The molecule has 1 aromatic rings. The molecule has 0 bridgehead atoms. The lowest BCUT2D eigenvalue weighted by Gasteiger charge is -2.11. The van der Waals surface area contributed by atoms with Crippen LogP contribution < -0.4 is 5.32 Å². The molecule has 72 valence electrons. The van der Waals surface area contributed by atoms with Crippen LogP contribution in [0, 0.1) is 0 Å². The van der Waals surface area contributed by atoms with E-state index in [4.69, 9.17) is 0 Å². The molecule has 0 aliphatic heterocycles. The van der Waals surface area contributed by atoms with Crippen LogP contribution in [0.1, 0.15) is 12.8 Å². The molecule has 0 atom stereocenters. The first kappa shape index (κ1) is 9.73. The number of aromatic nitrogens is 2. The molecule has 0 unspecified atom stereocenters. The number of rotatable bonds is 4. The van der Waals surface area contributed by atoms with E-state index < -0.39 is 0 Å². The SMILES string of the molecule is CSC1(CNc2nnc(Br)s2)CC1. The molecule has 0 spiro atoms. The molecule has 1 heterocycles. The van der Waals surface area contributed by atoms with E-state index in [-0.39, 0.29) is 0 Å². The van der Waals surface area contributed by atoms with Gasteiger partial charge in [-0.05, 0) is 35.0 Å². The van der Waals surface area contributed by atoms with Crippen molar-refractivity contribution < 1.29 is 0 Å². The normalized spacial score (nSPS) is 18.6. The monoisotopic (exact) mass is 279 g/mol. The van der Waals surface area contributed by atoms with E-state index in [1.165, 1.54) is 12.8 Å². The first-order chi connectivity index (χ1) is 6.24. The van der Waals surface area contributed by atoms with Crippen LogP contribution in [0.2, 0.25) is 0 Å². The van der Waals surface area contributed by atoms with Gasteiger partial charge in [-0.3, -0.25) is 0 Å². The molecule has 0 radical (unpaired) electrons. The molecular formula is C7H10BrN3S2. The van der Waals surface area contributed by atoms with E-state index in [0.29, 0.717) is 4.75 Å². The van der Waals surface area contributed by atoms with Crippen molar-refractivity contribution in [3.05, 3.63) is 3.92 Å². The van der Waals surface area contributed by atoms with Gasteiger partial charge in [0.15, 0.2) is 3.92 Å². The maximum absolute atomic E-state index is 3.98. The van der Waals surface area contributed by atoms with E-state index >= 15 is 0 Å². The maximum atomic E-state index is 3.98. The van der Waals surface area contributed by atoms with Gasteiger partial charge in [0.25, 0.3) is 0 Å². The van der Waals surface area contributed by atoms with Gasteiger partial charge in [-0.15, -0.1) is 10.2 Å². The summed E-state index contributed by atoms with van der Waals surface area (Å²) in [5, 5.41) is 12.1. The van der Waals surface area contributed by atoms with Gasteiger partial charge in [-0.25, -0.2) is 0 Å². The Balaban J connectivity index is 1.86. The average molecular weight is 280 g/mol. The van der Waals surface area contributed by atoms with Gasteiger partial charge in [0, 0.05) is 11.3 Å². The van der Waals surface area contributed by atoms with Crippen LogP contribution >= 0.6 is 39.0 Å². The third-order valence-electron chi connectivity index (χ3n) is 2.20. The molecular weight excluding hydrogens is 270 g/mol. The molecule has 1 aliphatic carbocycles. The number of anilines is 1. The van der Waals surface area contributed by atoms with Gasteiger partial charge < -0.3 is 5.32 Å². The Morgan fingerprint density at radius 1 is 1.62 bits per heavy atom. The average Bonchev–Trinajstić information content (AvgIpc) is 2.81. The first-order valence-corrected chi connectivity index (χ1v) is 6.86. The third-order valence-corrected chi connectivity index (χ3v) is 4.94. The van der Waals surface area contributed by atoms with Gasteiger partial charge in [0.2, 0.25) is 5.13 Å². The minimum Gasteiger partial charge on any atom is -0.359 e. The van der Waals surface area contributed by atoms with Crippen molar-refractivity contribution in [1.29, 1.82) is 0 Å². The molecule has 2 rings (SSSR count). The van der Waals surface area contributed by atoms with Crippen LogP contribution in [-0.2, 0) is 0 Å². The van der Waals surface area contributed by atoms with Crippen molar-refractivity contribution in [3.63, 3.8) is 0 Å². The number of halogens is 1. The summed E-state index contributed by atoms with van der Waals surface area (Å²) in [4.78, 5) is 0. The minimum absolute atomic E-state index is 0.484. The fourth-order valence-electron chi connectivity index (χ4n) is 1.11. The lowest BCUT2D eigenvalue weighted by molar-refractivity contribution is 0.936. The van der Waals surface area contributed by atoms with Gasteiger partial charge in [0.05, 0.1) is 0 Å². The number of hydrogen-bond acceptors (Lipinski definition) is 5. The fraction of sp³-hybridized carbons (Fsp3) is 0.714. The molecule has 1 N–H and O–H groups in total. The van der Waals surface area contributed by atoms with E-state index in [9.17, 15) is 0 Å². The summed E-state index contributed by atoms with van der Waals surface area (Å²) in [6.07, 6.45) is 4.81. The number of thioether (sulfide) groups is 1.